The second-order valence-electron chi connectivity index (χ2n) is 2.68. The highest BCUT2D eigenvalue weighted by Crippen LogP contribution is 2.06. The molecule has 1 aromatic rings. The second kappa shape index (κ2) is 9.27. The SMILES string of the molecule is Cc1ccccc1C.F[B-](F)(F)F.O=CS.[H+]. The normalized spacial score (nSPS) is 9.19. The van der Waals surface area contributed by atoms with E-state index in [9.17, 15) is 17.3 Å². The third-order valence-electron chi connectivity index (χ3n) is 1.43. The average molecular weight is 256 g/mol. The highest BCUT2D eigenvalue weighted by molar-refractivity contribution is 7.94. The summed E-state index contributed by atoms with van der Waals surface area (Å²) in [6.45, 7) is 4.24. The topological polar surface area (TPSA) is 17.1 Å². The van der Waals surface area contributed by atoms with E-state index < -0.39 is 7.25 Å². The Morgan fingerprint density at radius 2 is 1.31 bits per heavy atom. The molecule has 1 nitrogen and oxygen atoms in total. The van der Waals surface area contributed by atoms with Crippen molar-refractivity contribution in [3.05, 3.63) is 35.4 Å². The predicted octanol–water partition coefficient (Wildman–Crippen LogP) is 3.82. The molecule has 92 valence electrons. The number of carbonyl (C=O) groups excluding carboxylic acids is 1. The Bertz CT molecular complexity index is 282. The van der Waals surface area contributed by atoms with Gasteiger partial charge in [0.15, 0.2) is 5.62 Å². The maximum atomic E-state index is 9.75. The number of benzene rings is 1. The molecule has 1 aromatic carbocycles. The number of hydrogen-bond donors (Lipinski definition) is 1. The summed E-state index contributed by atoms with van der Waals surface area (Å²) in [6, 6.07) is 8.36. The molecule has 0 N–H and O–H groups in total. The highest BCUT2D eigenvalue weighted by Gasteiger charge is 2.20. The lowest BCUT2D eigenvalue weighted by molar-refractivity contribution is 0.368. The van der Waals surface area contributed by atoms with E-state index in [2.05, 4.69) is 50.7 Å². The van der Waals surface area contributed by atoms with Crippen LogP contribution in [0, 0.1) is 13.8 Å². The fourth-order valence-electron chi connectivity index (χ4n) is 0.663. The molecule has 0 aliphatic heterocycles. The van der Waals surface area contributed by atoms with Gasteiger partial charge in [-0.3, -0.25) is 4.79 Å². The monoisotopic (exact) mass is 256 g/mol. The molecule has 0 aliphatic carbocycles. The van der Waals surface area contributed by atoms with Crippen molar-refractivity contribution in [2.24, 2.45) is 0 Å². The molecule has 0 amide bonds. The van der Waals surface area contributed by atoms with Crippen LogP contribution in [-0.4, -0.2) is 12.9 Å². The van der Waals surface area contributed by atoms with Crippen molar-refractivity contribution in [1.82, 2.24) is 0 Å². The van der Waals surface area contributed by atoms with Gasteiger partial charge in [0, 0.05) is 0 Å². The molecule has 0 saturated heterocycles. The van der Waals surface area contributed by atoms with Crippen molar-refractivity contribution in [3.8, 4) is 0 Å². The van der Waals surface area contributed by atoms with Gasteiger partial charge in [-0.25, -0.2) is 0 Å². The smallest absolute Gasteiger partial charge is 0.418 e. The number of carbonyl (C=O) groups is 1. The lowest BCUT2D eigenvalue weighted by atomic mass is 10.1. The molecule has 0 aliphatic rings. The van der Waals surface area contributed by atoms with E-state index in [0.717, 1.165) is 0 Å². The van der Waals surface area contributed by atoms with Gasteiger partial charge in [0.2, 0.25) is 0 Å². The van der Waals surface area contributed by atoms with Crippen LogP contribution in [0.5, 0.6) is 0 Å². The van der Waals surface area contributed by atoms with E-state index in [1.54, 1.807) is 0 Å². The van der Waals surface area contributed by atoms with Gasteiger partial charge >= 0.3 is 8.68 Å². The Hall–Kier alpha value is -0.975. The van der Waals surface area contributed by atoms with Crippen LogP contribution in [0.4, 0.5) is 17.3 Å². The maximum Gasteiger partial charge on any atom is 1.00 e. The number of thiol groups is 1. The summed E-state index contributed by atoms with van der Waals surface area (Å²) in [7, 11) is -6.00. The van der Waals surface area contributed by atoms with E-state index in [4.69, 9.17) is 4.79 Å². The molecule has 0 fully saturated rings. The molecule has 0 atom stereocenters. The van der Waals surface area contributed by atoms with Crippen LogP contribution in [0.3, 0.4) is 0 Å². The molecule has 0 heterocycles. The first-order chi connectivity index (χ1) is 7.22. The van der Waals surface area contributed by atoms with Gasteiger partial charge in [0.1, 0.15) is 0 Å². The number of aryl methyl sites for hydroxylation is 2. The van der Waals surface area contributed by atoms with Gasteiger partial charge in [-0.05, 0) is 25.0 Å². The molecule has 0 unspecified atom stereocenters. The Morgan fingerprint density at radius 3 is 1.44 bits per heavy atom. The summed E-state index contributed by atoms with van der Waals surface area (Å²) in [5.74, 6) is 0. The molecule has 0 bridgehead atoms. The molecule has 7 heteroatoms. The fraction of sp³-hybridized carbons (Fsp3) is 0.222. The van der Waals surface area contributed by atoms with Crippen molar-refractivity contribution in [2.45, 2.75) is 13.8 Å². The van der Waals surface area contributed by atoms with Gasteiger partial charge in [-0.2, -0.15) is 0 Å². The van der Waals surface area contributed by atoms with Gasteiger partial charge in [-0.15, -0.1) is 12.6 Å². The standard InChI is InChI=1S/C8H10.CH2OS.BF4/c1-7-5-3-4-6-8(7)2;2-1-3;2-1(3,4)5/h3-6H,1-2H3;1H,(H,2,3);/q;;-1/p+1. The molecule has 1 rings (SSSR count). The molecule has 0 radical (unpaired) electrons. The summed E-state index contributed by atoms with van der Waals surface area (Å²) < 4.78 is 39.0. The molecule has 16 heavy (non-hydrogen) atoms. The summed E-state index contributed by atoms with van der Waals surface area (Å²) in [5.41, 5.74) is 3.18. The molecule has 0 spiro atoms. The number of rotatable bonds is 0. The van der Waals surface area contributed by atoms with E-state index in [0.29, 0.717) is 5.62 Å². The second-order valence-corrected chi connectivity index (χ2v) is 2.90. The highest BCUT2D eigenvalue weighted by atomic mass is 32.1. The van der Waals surface area contributed by atoms with Gasteiger partial charge in [0.25, 0.3) is 0 Å². The third-order valence-corrected chi connectivity index (χ3v) is 1.43. The lowest BCUT2D eigenvalue weighted by Gasteiger charge is -1.94. The van der Waals surface area contributed by atoms with Crippen LogP contribution in [-0.2, 0) is 4.79 Å². The van der Waals surface area contributed by atoms with Crippen molar-refractivity contribution in [2.75, 3.05) is 0 Å². The maximum absolute atomic E-state index is 9.75. The predicted molar refractivity (Wildman–Crippen MR) is 63.0 cm³/mol. The minimum absolute atomic E-state index is 0. The van der Waals surface area contributed by atoms with E-state index in [1.165, 1.54) is 11.1 Å². The minimum Gasteiger partial charge on any atom is -0.418 e. The van der Waals surface area contributed by atoms with Crippen LogP contribution in [0.2, 0.25) is 0 Å². The Kier molecular flexibility index (Phi) is 10.1. The zero-order chi connectivity index (χ0) is 13.2. The summed E-state index contributed by atoms with van der Waals surface area (Å²) in [6.07, 6.45) is 0. The van der Waals surface area contributed by atoms with E-state index in [1.807, 2.05) is 0 Å². The molecular weight excluding hydrogens is 243 g/mol. The first-order valence-corrected chi connectivity index (χ1v) is 4.71. The first kappa shape index (κ1) is 17.4. The minimum atomic E-state index is -6.00. The van der Waals surface area contributed by atoms with Crippen molar-refractivity contribution >= 4 is 25.5 Å². The van der Waals surface area contributed by atoms with E-state index in [-0.39, 0.29) is 1.43 Å². The number of hydrogen-bond acceptors (Lipinski definition) is 1. The van der Waals surface area contributed by atoms with Gasteiger partial charge < -0.3 is 17.3 Å². The van der Waals surface area contributed by atoms with Crippen LogP contribution in [0.1, 0.15) is 12.6 Å². The van der Waals surface area contributed by atoms with Crippen molar-refractivity contribution in [1.29, 1.82) is 0 Å². The zero-order valence-electron chi connectivity index (χ0n) is 9.83. The van der Waals surface area contributed by atoms with Crippen molar-refractivity contribution in [3.63, 3.8) is 0 Å². The number of halogens is 4. The largest absolute Gasteiger partial charge is 1.00 e. The molecule has 0 aromatic heterocycles. The van der Waals surface area contributed by atoms with Crippen LogP contribution >= 0.6 is 12.6 Å². The quantitative estimate of drug-likeness (QED) is 0.323. The molecule has 0 saturated carbocycles. The third kappa shape index (κ3) is 18.7. The van der Waals surface area contributed by atoms with Gasteiger partial charge in [-0.1, -0.05) is 24.3 Å². The van der Waals surface area contributed by atoms with Crippen LogP contribution in [0.25, 0.3) is 0 Å². The van der Waals surface area contributed by atoms with E-state index >= 15 is 0 Å². The average Bonchev–Trinajstić information content (AvgIpc) is 2.08. The van der Waals surface area contributed by atoms with Crippen LogP contribution < -0.4 is 0 Å². The Labute approximate surface area is 98.9 Å². The summed E-state index contributed by atoms with van der Waals surface area (Å²) >= 11 is 3.11. The van der Waals surface area contributed by atoms with Gasteiger partial charge in [0.05, 0.1) is 0 Å². The lowest BCUT2D eigenvalue weighted by Crippen LogP contribution is -2.02. The Morgan fingerprint density at radius 1 is 1.12 bits per heavy atom. The zero-order valence-corrected chi connectivity index (χ0v) is 9.73. The summed E-state index contributed by atoms with van der Waals surface area (Å²) in [4.78, 5) is 8.67. The van der Waals surface area contributed by atoms with Crippen molar-refractivity contribution < 1.29 is 23.5 Å². The Balaban J connectivity index is -0.000000191. The van der Waals surface area contributed by atoms with Crippen LogP contribution in [0.15, 0.2) is 24.3 Å². The first-order valence-electron chi connectivity index (χ1n) is 4.19. The molecular formula is C9H13BF4OS. The summed E-state index contributed by atoms with van der Waals surface area (Å²) in [5, 5.41) is 0. The fourth-order valence-corrected chi connectivity index (χ4v) is 0.663.